The van der Waals surface area contributed by atoms with Crippen molar-refractivity contribution in [3.8, 4) is 11.8 Å². The van der Waals surface area contributed by atoms with Crippen LogP contribution in [0.3, 0.4) is 0 Å². The van der Waals surface area contributed by atoms with Gasteiger partial charge in [-0.15, -0.1) is 11.8 Å². The maximum atomic E-state index is 10.2. The molecule has 3 unspecified atom stereocenters. The quantitative estimate of drug-likeness (QED) is 0.657. The van der Waals surface area contributed by atoms with Gasteiger partial charge in [-0.25, -0.2) is 0 Å². The molecule has 13 heavy (non-hydrogen) atoms. The molecule has 0 aromatic heterocycles. The van der Waals surface area contributed by atoms with Crippen LogP contribution >= 0.6 is 0 Å². The molecule has 1 aliphatic rings. The van der Waals surface area contributed by atoms with Gasteiger partial charge in [-0.1, -0.05) is 6.92 Å². The van der Waals surface area contributed by atoms with Crippen molar-refractivity contribution < 1.29 is 9.84 Å². The fourth-order valence-corrected chi connectivity index (χ4v) is 1.69. The lowest BCUT2D eigenvalue weighted by molar-refractivity contribution is -0.00101. The molecule has 0 aliphatic carbocycles. The van der Waals surface area contributed by atoms with Crippen LogP contribution < -0.4 is 0 Å². The predicted molar refractivity (Wildman–Crippen MR) is 52.2 cm³/mol. The zero-order valence-corrected chi connectivity index (χ0v) is 8.63. The van der Waals surface area contributed by atoms with Crippen molar-refractivity contribution in [1.29, 1.82) is 0 Å². The zero-order chi connectivity index (χ0) is 9.90. The second kappa shape index (κ2) is 4.13. The Bertz CT molecular complexity index is 226. The first-order valence-electron chi connectivity index (χ1n) is 4.84. The lowest BCUT2D eigenvalue weighted by Crippen LogP contribution is -2.36. The van der Waals surface area contributed by atoms with Crippen molar-refractivity contribution >= 4 is 0 Å². The van der Waals surface area contributed by atoms with E-state index >= 15 is 0 Å². The summed E-state index contributed by atoms with van der Waals surface area (Å²) >= 11 is 0. The highest BCUT2D eigenvalue weighted by Gasteiger charge is 2.43. The van der Waals surface area contributed by atoms with Gasteiger partial charge in [0, 0.05) is 12.3 Å². The molecule has 2 heteroatoms. The first-order valence-corrected chi connectivity index (χ1v) is 4.84. The number of aliphatic hydroxyl groups is 1. The Hall–Kier alpha value is -0.520. The van der Waals surface area contributed by atoms with Crippen molar-refractivity contribution in [3.05, 3.63) is 0 Å². The van der Waals surface area contributed by atoms with Crippen molar-refractivity contribution in [3.63, 3.8) is 0 Å². The number of ether oxygens (including phenoxy) is 1. The van der Waals surface area contributed by atoms with Crippen LogP contribution in [-0.4, -0.2) is 23.4 Å². The molecule has 0 aromatic carbocycles. The molecule has 1 N–H and O–H groups in total. The smallest absolute Gasteiger partial charge is 0.0939 e. The van der Waals surface area contributed by atoms with E-state index in [1.54, 1.807) is 0 Å². The largest absolute Gasteiger partial charge is 0.387 e. The highest BCUT2D eigenvalue weighted by molar-refractivity contribution is 5.00. The second-order valence-electron chi connectivity index (χ2n) is 3.84. The Morgan fingerprint density at radius 2 is 2.23 bits per heavy atom. The number of hydrogen-bond acceptors (Lipinski definition) is 2. The third-order valence-corrected chi connectivity index (χ3v) is 3.01. The molecule has 1 heterocycles. The molecule has 1 aliphatic heterocycles. The van der Waals surface area contributed by atoms with Gasteiger partial charge >= 0.3 is 0 Å². The maximum absolute atomic E-state index is 10.2. The van der Waals surface area contributed by atoms with Crippen molar-refractivity contribution in [2.75, 3.05) is 6.61 Å². The van der Waals surface area contributed by atoms with Gasteiger partial charge in [-0.05, 0) is 20.3 Å². The molecule has 0 aromatic rings. The Morgan fingerprint density at radius 3 is 2.69 bits per heavy atom. The predicted octanol–water partition coefficient (Wildman–Crippen LogP) is 1.58. The van der Waals surface area contributed by atoms with Gasteiger partial charge in [0.05, 0.1) is 18.3 Å². The highest BCUT2D eigenvalue weighted by atomic mass is 16.5. The molecule has 1 fully saturated rings. The maximum Gasteiger partial charge on any atom is 0.0939 e. The first kappa shape index (κ1) is 10.6. The summed E-state index contributed by atoms with van der Waals surface area (Å²) in [6.45, 7) is 6.33. The number of hydrogen-bond donors (Lipinski definition) is 1. The van der Waals surface area contributed by atoms with Crippen LogP contribution in [0.15, 0.2) is 0 Å². The summed E-state index contributed by atoms with van der Waals surface area (Å²) in [5, 5.41) is 10.2. The van der Waals surface area contributed by atoms with Gasteiger partial charge in [0.1, 0.15) is 0 Å². The monoisotopic (exact) mass is 182 g/mol. The van der Waals surface area contributed by atoms with E-state index in [1.165, 1.54) is 0 Å². The Balaban J connectivity index is 2.49. The van der Waals surface area contributed by atoms with Crippen molar-refractivity contribution in [1.82, 2.24) is 0 Å². The number of rotatable bonds is 2. The zero-order valence-electron chi connectivity index (χ0n) is 8.63. The molecule has 0 amide bonds. The van der Waals surface area contributed by atoms with Gasteiger partial charge < -0.3 is 9.84 Å². The molecule has 0 spiro atoms. The van der Waals surface area contributed by atoms with Gasteiger partial charge in [-0.3, -0.25) is 0 Å². The average molecular weight is 182 g/mol. The summed E-state index contributed by atoms with van der Waals surface area (Å²) in [6, 6.07) is 0. The van der Waals surface area contributed by atoms with E-state index in [9.17, 15) is 5.11 Å². The van der Waals surface area contributed by atoms with Crippen LogP contribution in [-0.2, 0) is 4.74 Å². The van der Waals surface area contributed by atoms with E-state index in [0.717, 1.165) is 12.8 Å². The van der Waals surface area contributed by atoms with E-state index in [1.807, 2.05) is 20.8 Å². The topological polar surface area (TPSA) is 29.5 Å². The van der Waals surface area contributed by atoms with Gasteiger partial charge in [0.25, 0.3) is 0 Å². The third-order valence-electron chi connectivity index (χ3n) is 3.01. The van der Waals surface area contributed by atoms with Crippen molar-refractivity contribution in [2.45, 2.75) is 45.3 Å². The summed E-state index contributed by atoms with van der Waals surface area (Å²) in [7, 11) is 0. The molecule has 2 nitrogen and oxygen atoms in total. The third kappa shape index (κ3) is 2.24. The standard InChI is InChI=1S/C11H18O2/c1-4-5-6-7-11(12)8-13-10(3)9(11)2/h9-10,12H,6-8H2,1-3H3. The molecular formula is C11H18O2. The van der Waals surface area contributed by atoms with E-state index in [4.69, 9.17) is 4.74 Å². The van der Waals surface area contributed by atoms with E-state index < -0.39 is 5.60 Å². The van der Waals surface area contributed by atoms with Crippen LogP contribution in [0.5, 0.6) is 0 Å². The van der Waals surface area contributed by atoms with E-state index in [2.05, 4.69) is 11.8 Å². The fourth-order valence-electron chi connectivity index (χ4n) is 1.69. The summed E-state index contributed by atoms with van der Waals surface area (Å²) < 4.78 is 5.41. The molecule has 0 bridgehead atoms. The Morgan fingerprint density at radius 1 is 1.54 bits per heavy atom. The summed E-state index contributed by atoms with van der Waals surface area (Å²) in [6.07, 6.45) is 1.65. The van der Waals surface area contributed by atoms with E-state index in [-0.39, 0.29) is 12.0 Å². The van der Waals surface area contributed by atoms with Crippen LogP contribution in [0.4, 0.5) is 0 Å². The molecule has 3 atom stereocenters. The lowest BCUT2D eigenvalue weighted by Gasteiger charge is -2.25. The van der Waals surface area contributed by atoms with Gasteiger partial charge in [0.15, 0.2) is 0 Å². The minimum absolute atomic E-state index is 0.166. The minimum Gasteiger partial charge on any atom is -0.387 e. The SMILES string of the molecule is CC#CCCC1(O)COC(C)C1C. The van der Waals surface area contributed by atoms with E-state index in [0.29, 0.717) is 6.61 Å². The molecule has 74 valence electrons. The molecule has 1 saturated heterocycles. The van der Waals surface area contributed by atoms with Crippen LogP contribution in [0.1, 0.15) is 33.6 Å². The average Bonchev–Trinajstić information content (AvgIpc) is 2.35. The summed E-state index contributed by atoms with van der Waals surface area (Å²) in [5.74, 6) is 6.02. The minimum atomic E-state index is -0.650. The van der Waals surface area contributed by atoms with Gasteiger partial charge in [-0.2, -0.15) is 0 Å². The van der Waals surface area contributed by atoms with Gasteiger partial charge in [0.2, 0.25) is 0 Å². The summed E-state index contributed by atoms with van der Waals surface area (Å²) in [4.78, 5) is 0. The van der Waals surface area contributed by atoms with Crippen LogP contribution in [0.2, 0.25) is 0 Å². The van der Waals surface area contributed by atoms with Crippen LogP contribution in [0.25, 0.3) is 0 Å². The first-order chi connectivity index (χ1) is 6.10. The molecule has 1 rings (SSSR count). The van der Waals surface area contributed by atoms with Crippen molar-refractivity contribution in [2.24, 2.45) is 5.92 Å². The molecular weight excluding hydrogens is 164 g/mol. The molecule has 0 saturated carbocycles. The highest BCUT2D eigenvalue weighted by Crippen LogP contribution is 2.33. The normalized spacial score (nSPS) is 38.5. The van der Waals surface area contributed by atoms with Crippen LogP contribution in [0, 0.1) is 17.8 Å². The fraction of sp³-hybridized carbons (Fsp3) is 0.818. The molecule has 0 radical (unpaired) electrons. The Kier molecular flexibility index (Phi) is 3.35. The lowest BCUT2D eigenvalue weighted by atomic mass is 9.85. The second-order valence-corrected chi connectivity index (χ2v) is 3.84. The summed E-state index contributed by atoms with van der Waals surface area (Å²) in [5.41, 5.74) is -0.650. The Labute approximate surface area is 80.3 Å².